The zero-order valence-electron chi connectivity index (χ0n) is 17.1. The molecule has 0 unspecified atom stereocenters. The van der Waals surface area contributed by atoms with Gasteiger partial charge in [0.1, 0.15) is 10.3 Å². The zero-order valence-corrected chi connectivity index (χ0v) is 18.8. The highest BCUT2D eigenvalue weighted by atomic mass is 32.2. The first kappa shape index (κ1) is 20.9. The zero-order chi connectivity index (χ0) is 20.0. The van der Waals surface area contributed by atoms with Gasteiger partial charge >= 0.3 is 6.09 Å². The molecule has 1 amide bonds. The summed E-state index contributed by atoms with van der Waals surface area (Å²) in [6.07, 6.45) is 2.35. The van der Waals surface area contributed by atoms with E-state index in [2.05, 4.69) is 9.71 Å². The molecule has 2 aliphatic rings. The summed E-state index contributed by atoms with van der Waals surface area (Å²) in [5, 5.41) is 0. The van der Waals surface area contributed by atoms with Crippen LogP contribution in [0.25, 0.3) is 0 Å². The van der Waals surface area contributed by atoms with Crippen LogP contribution in [-0.2, 0) is 22.5 Å². The summed E-state index contributed by atoms with van der Waals surface area (Å²) >= 11 is 0.489. The van der Waals surface area contributed by atoms with E-state index in [9.17, 15) is 9.35 Å². The molecule has 0 bridgehead atoms. The van der Waals surface area contributed by atoms with E-state index in [0.29, 0.717) is 13.1 Å². The van der Waals surface area contributed by atoms with Gasteiger partial charge in [-0.05, 0) is 60.8 Å². The smallest absolute Gasteiger partial charge is 0.410 e. The molecule has 0 aromatic carbocycles. The lowest BCUT2D eigenvalue weighted by Crippen LogP contribution is -2.51. The van der Waals surface area contributed by atoms with Crippen LogP contribution in [-0.4, -0.2) is 44.0 Å². The number of rotatable bonds is 2. The topological polar surface area (TPSA) is 77.5 Å². The molecule has 0 radical (unpaired) electrons. The number of nitrogens with one attached hydrogen (secondary N) is 1. The highest BCUT2D eigenvalue weighted by Crippen LogP contribution is 2.53. The van der Waals surface area contributed by atoms with Crippen LogP contribution in [0.15, 0.2) is 5.51 Å². The molecule has 152 valence electrons. The summed E-state index contributed by atoms with van der Waals surface area (Å²) in [5.74, 6) is 0. The van der Waals surface area contributed by atoms with Crippen LogP contribution in [0.2, 0.25) is 0 Å². The summed E-state index contributed by atoms with van der Waals surface area (Å²) in [4.78, 5) is 20.0. The summed E-state index contributed by atoms with van der Waals surface area (Å²) in [6, 6.07) is 0.0286. The number of fused-ring (bicyclic) bond motifs is 1. The Balaban J connectivity index is 1.73. The average molecular weight is 414 g/mol. The average Bonchev–Trinajstić information content (AvgIpc) is 3.07. The predicted octanol–water partition coefficient (Wildman–Crippen LogP) is 3.81. The van der Waals surface area contributed by atoms with Gasteiger partial charge in [-0.25, -0.2) is 9.78 Å². The Kier molecular flexibility index (Phi) is 5.58. The van der Waals surface area contributed by atoms with E-state index >= 15 is 0 Å². The molecular formula is C19H31N3O3S2. The van der Waals surface area contributed by atoms with Crippen molar-refractivity contribution >= 4 is 28.8 Å². The number of nitrogens with zero attached hydrogens (tertiary/aromatic N) is 2. The molecule has 8 heteroatoms. The van der Waals surface area contributed by atoms with Crippen LogP contribution in [0.3, 0.4) is 0 Å². The first-order chi connectivity index (χ1) is 12.4. The van der Waals surface area contributed by atoms with Crippen molar-refractivity contribution in [1.82, 2.24) is 14.6 Å². The second kappa shape index (κ2) is 7.21. The van der Waals surface area contributed by atoms with E-state index in [0.717, 1.165) is 25.0 Å². The molecule has 1 N–H and O–H groups in total. The number of likely N-dealkylation sites (tertiary alicyclic amines) is 1. The Morgan fingerprint density at radius 2 is 1.96 bits per heavy atom. The van der Waals surface area contributed by atoms with Crippen molar-refractivity contribution in [2.24, 2.45) is 5.41 Å². The van der Waals surface area contributed by atoms with Crippen LogP contribution in [0.5, 0.6) is 0 Å². The molecule has 1 saturated heterocycles. The predicted molar refractivity (Wildman–Crippen MR) is 109 cm³/mol. The summed E-state index contributed by atoms with van der Waals surface area (Å²) in [6.45, 7) is 12.9. The van der Waals surface area contributed by atoms with Crippen LogP contribution in [0.4, 0.5) is 4.79 Å². The Morgan fingerprint density at radius 3 is 2.52 bits per heavy atom. The highest BCUT2D eigenvalue weighted by Gasteiger charge is 2.52. The molecule has 27 heavy (non-hydrogen) atoms. The molecule has 0 saturated carbocycles. The highest BCUT2D eigenvalue weighted by molar-refractivity contribution is 7.90. The number of hydrogen-bond donors (Lipinski definition) is 1. The minimum absolute atomic E-state index is 0.0286. The van der Waals surface area contributed by atoms with Gasteiger partial charge in [0.15, 0.2) is 0 Å². The van der Waals surface area contributed by atoms with E-state index < -0.39 is 17.0 Å². The van der Waals surface area contributed by atoms with Crippen molar-refractivity contribution in [3.8, 4) is 0 Å². The molecular weight excluding hydrogens is 382 g/mol. The molecule has 1 aliphatic carbocycles. The SMILES string of the molecule is CC(C)(C)OC(=O)N1CCC2(CC1)Cc1ncsc1[C@@H]2N[S@+]([O-])C(C)(C)C. The molecule has 2 heterocycles. The van der Waals surface area contributed by atoms with E-state index in [1.165, 1.54) is 4.88 Å². The Morgan fingerprint density at radius 1 is 1.33 bits per heavy atom. The number of piperidine rings is 1. The lowest BCUT2D eigenvalue weighted by Gasteiger charge is -2.43. The van der Waals surface area contributed by atoms with E-state index in [-0.39, 0.29) is 22.3 Å². The second-order valence-electron chi connectivity index (χ2n) is 9.60. The lowest BCUT2D eigenvalue weighted by atomic mass is 9.74. The van der Waals surface area contributed by atoms with E-state index in [4.69, 9.17) is 4.74 Å². The lowest BCUT2D eigenvalue weighted by molar-refractivity contribution is 0.00718. The Bertz CT molecular complexity index is 685. The van der Waals surface area contributed by atoms with Gasteiger partial charge < -0.3 is 14.2 Å². The van der Waals surface area contributed by atoms with Gasteiger partial charge in [-0.3, -0.25) is 0 Å². The van der Waals surface area contributed by atoms with Crippen LogP contribution in [0, 0.1) is 5.41 Å². The standard InChI is InChI=1S/C19H31N3O3S2/c1-17(2,3)25-16(23)22-9-7-19(8-10-22)11-13-14(26-12-20-13)15(19)21-27(24)18(4,5)6/h12,15,21H,7-11H2,1-6H3/t15-,27+/m0/s1. The van der Waals surface area contributed by atoms with Crippen molar-refractivity contribution in [3.05, 3.63) is 16.1 Å². The third-order valence-corrected chi connectivity index (χ3v) is 7.76. The maximum Gasteiger partial charge on any atom is 0.410 e. The maximum atomic E-state index is 12.8. The van der Waals surface area contributed by atoms with Crippen molar-refractivity contribution in [1.29, 1.82) is 0 Å². The maximum absolute atomic E-state index is 12.8. The molecule has 1 spiro atoms. The van der Waals surface area contributed by atoms with Gasteiger partial charge in [0.05, 0.1) is 17.2 Å². The number of amides is 1. The Labute approximate surface area is 169 Å². The van der Waals surface area contributed by atoms with Gasteiger partial charge in [-0.15, -0.1) is 16.1 Å². The summed E-state index contributed by atoms with van der Waals surface area (Å²) in [7, 11) is 0. The van der Waals surface area contributed by atoms with Crippen molar-refractivity contribution in [2.45, 2.75) is 77.2 Å². The van der Waals surface area contributed by atoms with Gasteiger partial charge in [-0.2, -0.15) is 0 Å². The number of hydrogen-bond acceptors (Lipinski definition) is 6. The number of ether oxygens (including phenoxy) is 1. The molecule has 1 aromatic rings. The molecule has 6 nitrogen and oxygen atoms in total. The number of aromatic nitrogens is 1. The fourth-order valence-electron chi connectivity index (χ4n) is 3.75. The number of carbonyl (C=O) groups excluding carboxylic acids is 1. The quantitative estimate of drug-likeness (QED) is 0.746. The van der Waals surface area contributed by atoms with Gasteiger partial charge in [0.2, 0.25) is 0 Å². The molecule has 1 aromatic heterocycles. The fraction of sp³-hybridized carbons (Fsp3) is 0.789. The second-order valence-corrected chi connectivity index (χ2v) is 12.5. The molecule has 3 rings (SSSR count). The summed E-state index contributed by atoms with van der Waals surface area (Å²) < 4.78 is 21.4. The largest absolute Gasteiger partial charge is 0.598 e. The van der Waals surface area contributed by atoms with E-state index in [1.807, 2.05) is 47.1 Å². The third kappa shape index (κ3) is 4.44. The third-order valence-electron chi connectivity index (χ3n) is 5.26. The first-order valence-electron chi connectivity index (χ1n) is 9.50. The minimum Gasteiger partial charge on any atom is -0.598 e. The van der Waals surface area contributed by atoms with Gasteiger partial charge in [0, 0.05) is 34.7 Å². The van der Waals surface area contributed by atoms with Crippen LogP contribution >= 0.6 is 11.3 Å². The number of carbonyl (C=O) groups is 1. The molecule has 2 atom stereocenters. The summed E-state index contributed by atoms with van der Waals surface area (Å²) in [5.41, 5.74) is 2.48. The van der Waals surface area contributed by atoms with Crippen molar-refractivity contribution in [2.75, 3.05) is 13.1 Å². The van der Waals surface area contributed by atoms with Crippen molar-refractivity contribution in [3.63, 3.8) is 0 Å². The van der Waals surface area contributed by atoms with E-state index in [1.54, 1.807) is 16.2 Å². The minimum atomic E-state index is -1.15. The van der Waals surface area contributed by atoms with Crippen LogP contribution < -0.4 is 4.72 Å². The fourth-order valence-corrected chi connectivity index (χ4v) is 5.76. The van der Waals surface area contributed by atoms with Crippen LogP contribution in [0.1, 0.15) is 71.0 Å². The monoisotopic (exact) mass is 413 g/mol. The molecule has 1 aliphatic heterocycles. The Hall–Kier alpha value is -0.830. The van der Waals surface area contributed by atoms with Gasteiger partial charge in [0.25, 0.3) is 0 Å². The van der Waals surface area contributed by atoms with Crippen molar-refractivity contribution < 1.29 is 14.1 Å². The van der Waals surface area contributed by atoms with Gasteiger partial charge in [-0.1, -0.05) is 0 Å². The number of thiazole rings is 1. The normalized spacial score (nSPS) is 23.4. The first-order valence-corrected chi connectivity index (χ1v) is 11.5. The molecule has 1 fully saturated rings.